The second-order valence-corrected chi connectivity index (χ2v) is 5.80. The summed E-state index contributed by atoms with van der Waals surface area (Å²) in [5.41, 5.74) is -0.508. The third kappa shape index (κ3) is 4.16. The molecule has 1 aliphatic rings. The average molecular weight is 268 g/mol. The summed E-state index contributed by atoms with van der Waals surface area (Å²) in [5.74, 6) is 0.186. The van der Waals surface area contributed by atoms with Gasteiger partial charge in [-0.05, 0) is 31.6 Å². The maximum Gasteiger partial charge on any atom is 0.305 e. The van der Waals surface area contributed by atoms with Gasteiger partial charge in [-0.15, -0.1) is 0 Å². The molecule has 1 rings (SSSR count). The van der Waals surface area contributed by atoms with E-state index in [1.165, 1.54) is 7.11 Å². The smallest absolute Gasteiger partial charge is 0.305 e. The summed E-state index contributed by atoms with van der Waals surface area (Å²) in [4.78, 5) is 23.0. The fourth-order valence-corrected chi connectivity index (χ4v) is 2.41. The van der Waals surface area contributed by atoms with Crippen LogP contribution < -0.4 is 0 Å². The van der Waals surface area contributed by atoms with Crippen molar-refractivity contribution in [3.8, 4) is 0 Å². The maximum atomic E-state index is 11.8. The molecule has 4 nitrogen and oxygen atoms in total. The molecule has 0 radical (unpaired) electrons. The number of methoxy groups -OCH3 is 1. The van der Waals surface area contributed by atoms with Crippen molar-refractivity contribution in [2.75, 3.05) is 7.11 Å². The molecule has 2 atom stereocenters. The predicted octanol–water partition coefficient (Wildman–Crippen LogP) is 2.25. The first-order chi connectivity index (χ1) is 8.77. The summed E-state index contributed by atoms with van der Waals surface area (Å²) in [6.45, 7) is 5.78. The lowest BCUT2D eigenvalue weighted by Gasteiger charge is -2.22. The normalized spacial score (nSPS) is 27.1. The summed E-state index contributed by atoms with van der Waals surface area (Å²) in [6.07, 6.45) is 3.72. The van der Waals surface area contributed by atoms with Gasteiger partial charge in [-0.1, -0.05) is 19.9 Å². The van der Waals surface area contributed by atoms with Crippen LogP contribution in [-0.2, 0) is 14.3 Å². The van der Waals surface area contributed by atoms with E-state index in [0.717, 1.165) is 0 Å². The van der Waals surface area contributed by atoms with Crippen LogP contribution in [0.5, 0.6) is 0 Å². The Hall–Kier alpha value is -1.16. The summed E-state index contributed by atoms with van der Waals surface area (Å²) < 4.78 is 4.64. The van der Waals surface area contributed by atoms with Crippen LogP contribution in [0, 0.1) is 11.8 Å². The number of Topliss-reactive ketones (excluding diaryl/α,β-unsaturated/α-hetero) is 1. The molecule has 108 valence electrons. The zero-order valence-corrected chi connectivity index (χ0v) is 12.2. The van der Waals surface area contributed by atoms with Gasteiger partial charge in [-0.3, -0.25) is 9.59 Å². The van der Waals surface area contributed by atoms with Crippen molar-refractivity contribution in [3.63, 3.8) is 0 Å². The quantitative estimate of drug-likeness (QED) is 0.613. The van der Waals surface area contributed by atoms with Gasteiger partial charge in [0.05, 0.1) is 12.7 Å². The molecule has 0 amide bonds. The number of carbonyl (C=O) groups excluding carboxylic acids is 2. The molecule has 1 N–H and O–H groups in total. The highest BCUT2D eigenvalue weighted by Gasteiger charge is 2.38. The van der Waals surface area contributed by atoms with E-state index in [4.69, 9.17) is 0 Å². The van der Waals surface area contributed by atoms with Crippen LogP contribution in [0.3, 0.4) is 0 Å². The van der Waals surface area contributed by atoms with Crippen LogP contribution in [0.1, 0.15) is 46.5 Å². The highest BCUT2D eigenvalue weighted by atomic mass is 16.5. The fourth-order valence-electron chi connectivity index (χ4n) is 2.41. The van der Waals surface area contributed by atoms with Gasteiger partial charge in [-0.2, -0.15) is 0 Å². The molecule has 0 aromatic carbocycles. The first kappa shape index (κ1) is 15.9. The first-order valence-corrected chi connectivity index (χ1v) is 6.82. The van der Waals surface area contributed by atoms with Gasteiger partial charge >= 0.3 is 5.97 Å². The van der Waals surface area contributed by atoms with Crippen molar-refractivity contribution in [3.05, 3.63) is 11.6 Å². The molecule has 1 saturated carbocycles. The van der Waals surface area contributed by atoms with Crippen molar-refractivity contribution >= 4 is 11.8 Å². The molecule has 0 aromatic heterocycles. The SMILES string of the molecule is COC(=O)CC[C@H](/C=C1\C(=O)CC[C@@]1(C)O)C(C)C. The monoisotopic (exact) mass is 268 g/mol. The largest absolute Gasteiger partial charge is 0.469 e. The summed E-state index contributed by atoms with van der Waals surface area (Å²) in [6, 6.07) is 0. The zero-order valence-electron chi connectivity index (χ0n) is 12.2. The van der Waals surface area contributed by atoms with E-state index in [1.807, 2.05) is 19.9 Å². The van der Waals surface area contributed by atoms with Crippen LogP contribution in [-0.4, -0.2) is 29.6 Å². The van der Waals surface area contributed by atoms with Crippen molar-refractivity contribution < 1.29 is 19.4 Å². The van der Waals surface area contributed by atoms with Gasteiger partial charge in [0.1, 0.15) is 0 Å². The van der Waals surface area contributed by atoms with E-state index in [1.54, 1.807) is 6.92 Å². The van der Waals surface area contributed by atoms with E-state index >= 15 is 0 Å². The first-order valence-electron chi connectivity index (χ1n) is 6.82. The van der Waals surface area contributed by atoms with Gasteiger partial charge in [0, 0.05) is 18.4 Å². The molecule has 0 bridgehead atoms. The molecular weight excluding hydrogens is 244 g/mol. The Morgan fingerprint density at radius 1 is 1.53 bits per heavy atom. The number of ketones is 1. The van der Waals surface area contributed by atoms with E-state index in [0.29, 0.717) is 37.2 Å². The van der Waals surface area contributed by atoms with Crippen LogP contribution in [0.25, 0.3) is 0 Å². The fraction of sp³-hybridized carbons (Fsp3) is 0.733. The van der Waals surface area contributed by atoms with Gasteiger partial charge in [-0.25, -0.2) is 0 Å². The van der Waals surface area contributed by atoms with E-state index < -0.39 is 5.60 Å². The topological polar surface area (TPSA) is 63.6 Å². The van der Waals surface area contributed by atoms with Crippen LogP contribution in [0.2, 0.25) is 0 Å². The maximum absolute atomic E-state index is 11.8. The standard InChI is InChI=1S/C15H24O4/c1-10(2)11(5-6-14(17)19-4)9-12-13(16)7-8-15(12,3)18/h9-11,18H,5-8H2,1-4H3/b12-9+/t11-,15-/m1/s1. The Bertz CT molecular complexity index is 380. The molecule has 0 heterocycles. The number of esters is 1. The minimum atomic E-state index is -1.02. The highest BCUT2D eigenvalue weighted by molar-refractivity contribution is 5.99. The Balaban J connectivity index is 2.82. The van der Waals surface area contributed by atoms with Gasteiger partial charge in [0.2, 0.25) is 0 Å². The number of hydrogen-bond acceptors (Lipinski definition) is 4. The zero-order chi connectivity index (χ0) is 14.6. The second kappa shape index (κ2) is 6.33. The molecule has 0 unspecified atom stereocenters. The minimum Gasteiger partial charge on any atom is -0.469 e. The lowest BCUT2D eigenvalue weighted by atomic mass is 9.86. The molecule has 4 heteroatoms. The van der Waals surface area contributed by atoms with Crippen molar-refractivity contribution in [1.82, 2.24) is 0 Å². The molecule has 0 aliphatic heterocycles. The molecule has 19 heavy (non-hydrogen) atoms. The number of rotatable bonds is 5. The number of allylic oxidation sites excluding steroid dienone is 1. The predicted molar refractivity (Wildman–Crippen MR) is 72.5 cm³/mol. The Labute approximate surface area is 114 Å². The van der Waals surface area contributed by atoms with E-state index in [2.05, 4.69) is 4.74 Å². The lowest BCUT2D eigenvalue weighted by molar-refractivity contribution is -0.140. The minimum absolute atomic E-state index is 0.0220. The summed E-state index contributed by atoms with van der Waals surface area (Å²) in [5, 5.41) is 10.2. The van der Waals surface area contributed by atoms with Crippen LogP contribution in [0.15, 0.2) is 11.6 Å². The Morgan fingerprint density at radius 2 is 2.16 bits per heavy atom. The molecule has 0 saturated heterocycles. The number of carbonyl (C=O) groups is 2. The van der Waals surface area contributed by atoms with Gasteiger partial charge in [0.25, 0.3) is 0 Å². The number of ether oxygens (including phenoxy) is 1. The van der Waals surface area contributed by atoms with Crippen LogP contribution >= 0.6 is 0 Å². The van der Waals surface area contributed by atoms with Crippen molar-refractivity contribution in [2.45, 2.75) is 52.1 Å². The van der Waals surface area contributed by atoms with Gasteiger partial charge < -0.3 is 9.84 Å². The molecule has 1 aliphatic carbocycles. The molecular formula is C15H24O4. The van der Waals surface area contributed by atoms with Crippen LogP contribution in [0.4, 0.5) is 0 Å². The highest BCUT2D eigenvalue weighted by Crippen LogP contribution is 2.34. The Kier molecular flexibility index (Phi) is 5.29. The van der Waals surface area contributed by atoms with Crippen molar-refractivity contribution in [2.24, 2.45) is 11.8 Å². The average Bonchev–Trinajstić information content (AvgIpc) is 2.59. The lowest BCUT2D eigenvalue weighted by Crippen LogP contribution is -2.24. The third-order valence-corrected chi connectivity index (χ3v) is 3.87. The van der Waals surface area contributed by atoms with Gasteiger partial charge in [0.15, 0.2) is 5.78 Å². The molecule has 1 fully saturated rings. The summed E-state index contributed by atoms with van der Waals surface area (Å²) >= 11 is 0. The Morgan fingerprint density at radius 3 is 2.58 bits per heavy atom. The number of hydrogen-bond donors (Lipinski definition) is 1. The second-order valence-electron chi connectivity index (χ2n) is 5.80. The van der Waals surface area contributed by atoms with Crippen molar-refractivity contribution in [1.29, 1.82) is 0 Å². The number of aliphatic hydroxyl groups is 1. The third-order valence-electron chi connectivity index (χ3n) is 3.87. The summed E-state index contributed by atoms with van der Waals surface area (Å²) in [7, 11) is 1.37. The molecule has 0 aromatic rings. The van der Waals surface area contributed by atoms with E-state index in [9.17, 15) is 14.7 Å². The van der Waals surface area contributed by atoms with E-state index in [-0.39, 0.29) is 17.7 Å². The molecule has 0 spiro atoms.